The van der Waals surface area contributed by atoms with Gasteiger partial charge in [0, 0.05) is 26.2 Å². The molecule has 1 saturated heterocycles. The minimum absolute atomic E-state index is 0.0631. The molecule has 1 fully saturated rings. The van der Waals surface area contributed by atoms with Crippen LogP contribution in [0.15, 0.2) is 24.3 Å². The molecule has 2 aliphatic heterocycles. The zero-order chi connectivity index (χ0) is 19.6. The van der Waals surface area contributed by atoms with Crippen molar-refractivity contribution < 1.29 is 23.8 Å². The van der Waals surface area contributed by atoms with Gasteiger partial charge in [-0.3, -0.25) is 4.79 Å². The molecular weight excluding hydrogens is 348 g/mol. The third-order valence-electron chi connectivity index (χ3n) is 4.79. The van der Waals surface area contributed by atoms with Crippen LogP contribution in [0.2, 0.25) is 0 Å². The number of benzene rings is 1. The second-order valence-electron chi connectivity index (χ2n) is 8.01. The van der Waals surface area contributed by atoms with Crippen molar-refractivity contribution >= 4 is 12.0 Å². The Morgan fingerprint density at radius 1 is 1.15 bits per heavy atom. The summed E-state index contributed by atoms with van der Waals surface area (Å²) >= 11 is 0. The van der Waals surface area contributed by atoms with Crippen molar-refractivity contribution in [3.63, 3.8) is 0 Å². The van der Waals surface area contributed by atoms with Gasteiger partial charge in [-0.05, 0) is 45.7 Å². The van der Waals surface area contributed by atoms with Gasteiger partial charge in [-0.25, -0.2) is 4.79 Å². The summed E-state index contributed by atoms with van der Waals surface area (Å²) < 4.78 is 16.9. The molecule has 148 valence electrons. The highest BCUT2D eigenvalue weighted by Crippen LogP contribution is 2.31. The van der Waals surface area contributed by atoms with Gasteiger partial charge in [0.05, 0.1) is 0 Å². The first kappa shape index (κ1) is 19.3. The molecule has 2 aliphatic rings. The zero-order valence-electron chi connectivity index (χ0n) is 16.4. The maximum atomic E-state index is 12.8. The Hall–Kier alpha value is -2.44. The molecule has 1 aromatic carbocycles. The molecule has 0 bridgehead atoms. The van der Waals surface area contributed by atoms with Crippen molar-refractivity contribution in [1.29, 1.82) is 0 Å². The van der Waals surface area contributed by atoms with Gasteiger partial charge in [0.1, 0.15) is 12.2 Å². The average molecular weight is 376 g/mol. The summed E-state index contributed by atoms with van der Waals surface area (Å²) in [7, 11) is 1.76. The topological polar surface area (TPSA) is 68.3 Å². The van der Waals surface area contributed by atoms with Gasteiger partial charge in [0.25, 0.3) is 5.91 Å². The van der Waals surface area contributed by atoms with E-state index in [1.807, 2.05) is 39.0 Å². The number of carbonyl (C=O) groups excluding carboxylic acids is 2. The average Bonchev–Trinajstić information content (AvgIpc) is 2.65. The fourth-order valence-electron chi connectivity index (χ4n) is 3.30. The predicted octanol–water partition coefficient (Wildman–Crippen LogP) is 2.68. The molecule has 1 aromatic rings. The van der Waals surface area contributed by atoms with Gasteiger partial charge in [-0.15, -0.1) is 0 Å². The first-order chi connectivity index (χ1) is 12.7. The fraction of sp³-hybridized carbons (Fsp3) is 0.600. The number of fused-ring (bicyclic) bond motifs is 1. The number of amides is 2. The quantitative estimate of drug-likeness (QED) is 0.794. The lowest BCUT2D eigenvalue weighted by molar-refractivity contribution is -0.142. The number of likely N-dealkylation sites (tertiary alicyclic amines) is 1. The number of ether oxygens (including phenoxy) is 3. The summed E-state index contributed by atoms with van der Waals surface area (Å²) in [5.74, 6) is 1.20. The van der Waals surface area contributed by atoms with Crippen LogP contribution in [0.25, 0.3) is 0 Å². The van der Waals surface area contributed by atoms with E-state index in [1.54, 1.807) is 22.9 Å². The van der Waals surface area contributed by atoms with Gasteiger partial charge >= 0.3 is 6.09 Å². The Labute approximate surface area is 160 Å². The molecular formula is C20H28N2O5. The van der Waals surface area contributed by atoms with E-state index in [0.29, 0.717) is 37.4 Å². The molecule has 0 radical (unpaired) electrons. The Kier molecular flexibility index (Phi) is 5.48. The van der Waals surface area contributed by atoms with Gasteiger partial charge in [-0.2, -0.15) is 0 Å². The lowest BCUT2D eigenvalue weighted by Gasteiger charge is -2.38. The lowest BCUT2D eigenvalue weighted by Crippen LogP contribution is -2.52. The minimum atomic E-state index is -0.625. The van der Waals surface area contributed by atoms with Crippen LogP contribution in [0.5, 0.6) is 11.5 Å². The van der Waals surface area contributed by atoms with Crippen molar-refractivity contribution in [2.75, 3.05) is 26.7 Å². The molecule has 1 atom stereocenters. The van der Waals surface area contributed by atoms with Gasteiger partial charge in [0.15, 0.2) is 11.5 Å². The molecule has 7 nitrogen and oxygen atoms in total. The second-order valence-corrected chi connectivity index (χ2v) is 8.01. The molecule has 0 aromatic heterocycles. The van der Waals surface area contributed by atoms with E-state index < -0.39 is 11.7 Å². The van der Waals surface area contributed by atoms with Crippen LogP contribution >= 0.6 is 0 Å². The van der Waals surface area contributed by atoms with E-state index in [2.05, 4.69) is 0 Å². The molecule has 2 heterocycles. The fourth-order valence-corrected chi connectivity index (χ4v) is 3.30. The smallest absolute Gasteiger partial charge is 0.410 e. The van der Waals surface area contributed by atoms with Crippen LogP contribution in [0, 0.1) is 0 Å². The van der Waals surface area contributed by atoms with E-state index in [4.69, 9.17) is 14.2 Å². The van der Waals surface area contributed by atoms with Crippen LogP contribution in [0.4, 0.5) is 4.79 Å². The third-order valence-corrected chi connectivity index (χ3v) is 4.79. The van der Waals surface area contributed by atoms with Crippen LogP contribution in [0.1, 0.15) is 33.6 Å². The summed E-state index contributed by atoms with van der Waals surface area (Å²) in [5, 5.41) is 0. The van der Waals surface area contributed by atoms with Crippen molar-refractivity contribution in [3.05, 3.63) is 24.3 Å². The number of nitrogens with zero attached hydrogens (tertiary/aromatic N) is 2. The Morgan fingerprint density at radius 2 is 1.78 bits per heavy atom. The first-order valence-electron chi connectivity index (χ1n) is 9.37. The number of hydrogen-bond acceptors (Lipinski definition) is 5. The van der Waals surface area contributed by atoms with Crippen molar-refractivity contribution in [1.82, 2.24) is 9.80 Å². The number of rotatable bonds is 2. The van der Waals surface area contributed by atoms with E-state index in [0.717, 1.165) is 0 Å². The van der Waals surface area contributed by atoms with Crippen LogP contribution in [0.3, 0.4) is 0 Å². The largest absolute Gasteiger partial charge is 0.485 e. The van der Waals surface area contributed by atoms with E-state index in [9.17, 15) is 9.59 Å². The van der Waals surface area contributed by atoms with Gasteiger partial charge in [0.2, 0.25) is 6.10 Å². The van der Waals surface area contributed by atoms with Crippen LogP contribution in [-0.4, -0.2) is 66.3 Å². The number of hydrogen-bond donors (Lipinski definition) is 0. The summed E-state index contributed by atoms with van der Waals surface area (Å²) in [5.41, 5.74) is -0.517. The van der Waals surface area contributed by atoms with Gasteiger partial charge in [-0.1, -0.05) is 12.1 Å². The normalized spacial score (nSPS) is 20.1. The molecule has 1 unspecified atom stereocenters. The summed E-state index contributed by atoms with van der Waals surface area (Å²) in [6, 6.07) is 7.42. The maximum absolute atomic E-state index is 12.8. The number of para-hydroxylation sites is 2. The SMILES string of the molecule is CN(C(=O)OC(C)(C)C)C1CCN(C(=O)C2COc3ccccc3O2)CC1. The Balaban J connectivity index is 1.52. The molecule has 7 heteroatoms. The number of carbonyl (C=O) groups is 2. The molecule has 2 amide bonds. The van der Waals surface area contributed by atoms with Crippen molar-refractivity contribution in [2.24, 2.45) is 0 Å². The summed E-state index contributed by atoms with van der Waals surface area (Å²) in [6.07, 6.45) is 0.477. The summed E-state index contributed by atoms with van der Waals surface area (Å²) in [6.45, 7) is 6.93. The molecule has 0 aliphatic carbocycles. The highest BCUT2D eigenvalue weighted by atomic mass is 16.6. The monoisotopic (exact) mass is 376 g/mol. The molecule has 0 saturated carbocycles. The molecule has 27 heavy (non-hydrogen) atoms. The van der Waals surface area contributed by atoms with E-state index in [-0.39, 0.29) is 24.6 Å². The van der Waals surface area contributed by atoms with Gasteiger partial charge < -0.3 is 24.0 Å². The van der Waals surface area contributed by atoms with Crippen LogP contribution < -0.4 is 9.47 Å². The highest BCUT2D eigenvalue weighted by molar-refractivity contribution is 5.82. The maximum Gasteiger partial charge on any atom is 0.410 e. The minimum Gasteiger partial charge on any atom is -0.485 e. The second kappa shape index (κ2) is 7.66. The van der Waals surface area contributed by atoms with Crippen molar-refractivity contribution in [3.8, 4) is 11.5 Å². The molecule has 0 N–H and O–H groups in total. The standard InChI is InChI=1S/C20H28N2O5/c1-20(2,3)27-19(24)21(4)14-9-11-22(12-10-14)18(23)17-13-25-15-7-5-6-8-16(15)26-17/h5-8,14,17H,9-13H2,1-4H3. The zero-order valence-corrected chi connectivity index (χ0v) is 16.4. The summed E-state index contributed by atoms with van der Waals surface area (Å²) in [4.78, 5) is 28.4. The highest BCUT2D eigenvalue weighted by Gasteiger charge is 2.35. The third kappa shape index (κ3) is 4.64. The Bertz CT molecular complexity index is 692. The van der Waals surface area contributed by atoms with Crippen LogP contribution in [-0.2, 0) is 9.53 Å². The lowest BCUT2D eigenvalue weighted by atomic mass is 10.0. The number of piperidine rings is 1. The molecule has 0 spiro atoms. The van der Waals surface area contributed by atoms with E-state index in [1.165, 1.54) is 0 Å². The Morgan fingerprint density at radius 3 is 2.41 bits per heavy atom. The van der Waals surface area contributed by atoms with Crippen molar-refractivity contribution in [2.45, 2.75) is 51.4 Å². The predicted molar refractivity (Wildman–Crippen MR) is 100.0 cm³/mol. The molecule has 3 rings (SSSR count). The first-order valence-corrected chi connectivity index (χ1v) is 9.37. The van der Waals surface area contributed by atoms with E-state index >= 15 is 0 Å².